The van der Waals surface area contributed by atoms with Crippen LogP contribution in [-0.4, -0.2) is 24.3 Å². The van der Waals surface area contributed by atoms with Crippen LogP contribution in [0.4, 0.5) is 0 Å². The molecule has 13 rings (SSSR count). The molecule has 4 nitrogen and oxygen atoms in total. The maximum atomic E-state index is 5.50. The monoisotopic (exact) mass is 796 g/mol. The Morgan fingerprint density at radius 3 is 1.95 bits per heavy atom. The Balaban J connectivity index is 1.08. The predicted molar refractivity (Wildman–Crippen MR) is 256 cm³/mol. The Hall–Kier alpha value is -7.34. The summed E-state index contributed by atoms with van der Waals surface area (Å²) in [5.74, 6) is 1.54. The Labute approximate surface area is 355 Å². The van der Waals surface area contributed by atoms with Crippen molar-refractivity contribution in [1.82, 2.24) is 9.88 Å². The quantitative estimate of drug-likeness (QED) is 0.178. The van der Waals surface area contributed by atoms with Gasteiger partial charge in [0.2, 0.25) is 0 Å². The van der Waals surface area contributed by atoms with E-state index in [1.165, 1.54) is 81.7 Å². The third kappa shape index (κ3) is 4.75. The van der Waals surface area contributed by atoms with E-state index in [1.807, 2.05) is 0 Å². The van der Waals surface area contributed by atoms with Gasteiger partial charge in [-0.25, -0.2) is 9.98 Å². The van der Waals surface area contributed by atoms with E-state index >= 15 is 0 Å². The normalized spacial score (nSPS) is 18.4. The fourth-order valence-corrected chi connectivity index (χ4v) is 14.3. The van der Waals surface area contributed by atoms with Crippen molar-refractivity contribution in [2.75, 3.05) is 0 Å². The second-order valence-corrected chi connectivity index (χ2v) is 21.7. The molecule has 0 saturated carbocycles. The minimum atomic E-state index is -2.21. The molecule has 5 heteroatoms. The van der Waals surface area contributed by atoms with Gasteiger partial charge in [-0.3, -0.25) is 0 Å². The Kier molecular flexibility index (Phi) is 7.12. The number of amidine groups is 2. The molecule has 2 atom stereocenters. The maximum Gasteiger partial charge on any atom is 0.159 e. The maximum absolute atomic E-state index is 5.50. The summed E-state index contributed by atoms with van der Waals surface area (Å²) in [6.07, 6.45) is -0.384. The van der Waals surface area contributed by atoms with E-state index in [2.05, 4.69) is 217 Å². The van der Waals surface area contributed by atoms with Crippen molar-refractivity contribution in [2.45, 2.75) is 24.7 Å². The van der Waals surface area contributed by atoms with Crippen LogP contribution in [0.2, 0.25) is 13.1 Å². The van der Waals surface area contributed by atoms with E-state index in [-0.39, 0.29) is 6.17 Å². The summed E-state index contributed by atoms with van der Waals surface area (Å²) in [5.41, 5.74) is 11.7. The van der Waals surface area contributed by atoms with Gasteiger partial charge in [-0.05, 0) is 84.0 Å². The molecule has 1 aromatic heterocycles. The Bertz CT molecular complexity index is 3570. The summed E-state index contributed by atoms with van der Waals surface area (Å²) < 4.78 is 2.53. The zero-order valence-corrected chi connectivity index (χ0v) is 34.9. The van der Waals surface area contributed by atoms with Crippen LogP contribution < -0.4 is 15.7 Å². The van der Waals surface area contributed by atoms with Gasteiger partial charge in [-0.1, -0.05) is 183 Å². The van der Waals surface area contributed by atoms with Crippen molar-refractivity contribution in [2.24, 2.45) is 9.98 Å². The number of benzene rings is 9. The van der Waals surface area contributed by atoms with Crippen LogP contribution >= 0.6 is 0 Å². The first-order chi connectivity index (χ1) is 30.0. The lowest BCUT2D eigenvalue weighted by molar-refractivity contribution is 0.667. The van der Waals surface area contributed by atoms with Crippen molar-refractivity contribution in [1.29, 1.82) is 0 Å². The van der Waals surface area contributed by atoms with Crippen molar-refractivity contribution in [3.8, 4) is 5.69 Å². The van der Waals surface area contributed by atoms with Crippen molar-refractivity contribution in [3.05, 3.63) is 233 Å². The Morgan fingerprint density at radius 2 is 1.13 bits per heavy atom. The van der Waals surface area contributed by atoms with Crippen LogP contribution in [0, 0.1) is 0 Å². The van der Waals surface area contributed by atoms with Crippen LogP contribution in [-0.2, 0) is 5.41 Å². The molecule has 3 aliphatic rings. The summed E-state index contributed by atoms with van der Waals surface area (Å²) in [6.45, 7) is 5.06. The first-order valence-corrected chi connectivity index (χ1v) is 24.3. The number of aliphatic imine (C=N–C) groups is 2. The average Bonchev–Trinajstić information content (AvgIpc) is 3.66. The standard InChI is InChI=1S/C56H40N4Si/c1-61(2)50-25-12-9-21-45(50)56(44-20-8-11-24-49(44)60-48-23-10-7-18-42(48)43-19-13-22-46(56)52(43)60)47-34-41(30-31-51(47)61)55-58-53(39-28-26-35-14-3-5-16-37(35)32-39)57-54(59-55)40-29-27-36-15-4-6-17-38(36)33-40/h3-34,55H,1-2H3,(H,57,58,59). The lowest BCUT2D eigenvalue weighted by Crippen LogP contribution is -2.63. The minimum absolute atomic E-state index is 0.384. The van der Waals surface area contributed by atoms with Gasteiger partial charge >= 0.3 is 0 Å². The number of hydrogen-bond donors (Lipinski definition) is 1. The highest BCUT2D eigenvalue weighted by Crippen LogP contribution is 2.55. The molecule has 3 aliphatic heterocycles. The van der Waals surface area contributed by atoms with Crippen LogP contribution in [0.15, 0.2) is 204 Å². The van der Waals surface area contributed by atoms with Crippen molar-refractivity contribution in [3.63, 3.8) is 0 Å². The van der Waals surface area contributed by atoms with Gasteiger partial charge in [0.1, 0.15) is 20.1 Å². The first-order valence-electron chi connectivity index (χ1n) is 21.3. The molecule has 4 heterocycles. The van der Waals surface area contributed by atoms with E-state index < -0.39 is 13.5 Å². The molecule has 0 radical (unpaired) electrons. The fraction of sp³-hybridized carbons (Fsp3) is 0.0714. The highest BCUT2D eigenvalue weighted by Gasteiger charge is 2.53. The van der Waals surface area contributed by atoms with Gasteiger partial charge in [0.25, 0.3) is 0 Å². The lowest BCUT2D eigenvalue weighted by atomic mass is 9.62. The van der Waals surface area contributed by atoms with Crippen molar-refractivity contribution >= 4 is 73.5 Å². The van der Waals surface area contributed by atoms with Crippen molar-refractivity contribution < 1.29 is 0 Å². The Morgan fingerprint density at radius 1 is 0.508 bits per heavy atom. The van der Waals surface area contributed by atoms with Gasteiger partial charge in [-0.2, -0.15) is 0 Å². The van der Waals surface area contributed by atoms with Crippen LogP contribution in [0.1, 0.15) is 45.1 Å². The molecule has 61 heavy (non-hydrogen) atoms. The van der Waals surface area contributed by atoms with Gasteiger partial charge in [-0.15, -0.1) is 0 Å². The third-order valence-electron chi connectivity index (χ3n) is 13.9. The molecule has 1 N–H and O–H groups in total. The summed E-state index contributed by atoms with van der Waals surface area (Å²) in [5, 5.41) is 14.1. The third-order valence-corrected chi connectivity index (χ3v) is 17.4. The molecule has 0 saturated heterocycles. The molecule has 288 valence electrons. The smallest absolute Gasteiger partial charge is 0.159 e. The number of aromatic nitrogens is 1. The van der Waals surface area contributed by atoms with Gasteiger partial charge in [0.05, 0.1) is 22.1 Å². The van der Waals surface area contributed by atoms with Gasteiger partial charge in [0, 0.05) is 21.9 Å². The molecule has 0 bridgehead atoms. The van der Waals surface area contributed by atoms with Crippen LogP contribution in [0.3, 0.4) is 0 Å². The number of hydrogen-bond acceptors (Lipinski definition) is 3. The SMILES string of the molecule is C[Si]1(C)c2ccccc2C2(c3ccccc3-n3c4ccccc4c4cccc2c43)c2cc(C3N=C(c4ccc5ccccc5c4)N=C(c4ccc5ccccc5c4)N3)ccc21. The van der Waals surface area contributed by atoms with E-state index in [0.29, 0.717) is 0 Å². The van der Waals surface area contributed by atoms with E-state index in [0.717, 1.165) is 28.4 Å². The second kappa shape index (κ2) is 12.6. The molecule has 9 aromatic carbocycles. The summed E-state index contributed by atoms with van der Waals surface area (Å²) in [6, 6.07) is 71.9. The highest BCUT2D eigenvalue weighted by atomic mass is 28.3. The highest BCUT2D eigenvalue weighted by molar-refractivity contribution is 7.01. The van der Waals surface area contributed by atoms with Gasteiger partial charge < -0.3 is 9.88 Å². The number of nitrogens with zero attached hydrogens (tertiary/aromatic N) is 3. The minimum Gasteiger partial charge on any atom is -0.344 e. The molecule has 0 fully saturated rings. The van der Waals surface area contributed by atoms with E-state index in [4.69, 9.17) is 9.98 Å². The fourth-order valence-electron chi connectivity index (χ4n) is 11.1. The molecule has 10 aromatic rings. The topological polar surface area (TPSA) is 41.7 Å². The van der Waals surface area contributed by atoms with Crippen LogP contribution in [0.25, 0.3) is 49.0 Å². The van der Waals surface area contributed by atoms with E-state index in [9.17, 15) is 0 Å². The zero-order valence-electron chi connectivity index (χ0n) is 33.9. The molecular formula is C56H40N4Si. The number of rotatable bonds is 3. The predicted octanol–water partition coefficient (Wildman–Crippen LogP) is 11.4. The summed E-state index contributed by atoms with van der Waals surface area (Å²) in [7, 11) is -2.21. The largest absolute Gasteiger partial charge is 0.344 e. The molecule has 1 spiro atoms. The van der Waals surface area contributed by atoms with Crippen LogP contribution in [0.5, 0.6) is 0 Å². The zero-order chi connectivity index (χ0) is 40.5. The number of nitrogens with one attached hydrogen (secondary N) is 1. The summed E-state index contributed by atoms with van der Waals surface area (Å²) in [4.78, 5) is 10.8. The van der Waals surface area contributed by atoms with Gasteiger partial charge in [0.15, 0.2) is 5.84 Å². The number of para-hydroxylation sites is 3. The first kappa shape index (κ1) is 34.5. The molecular weight excluding hydrogens is 757 g/mol. The molecule has 0 amide bonds. The average molecular weight is 797 g/mol. The van der Waals surface area contributed by atoms with E-state index in [1.54, 1.807) is 0 Å². The number of fused-ring (bicyclic) bond motifs is 13. The summed E-state index contributed by atoms with van der Waals surface area (Å²) >= 11 is 0. The molecule has 2 unspecified atom stereocenters. The molecule has 0 aliphatic carbocycles. The lowest BCUT2D eigenvalue weighted by Gasteiger charge is -2.49. The second-order valence-electron chi connectivity index (χ2n) is 17.4.